The fraction of sp³-hybridized carbons (Fsp3) is 0.400. The third-order valence-corrected chi connectivity index (χ3v) is 2.59. The van der Waals surface area contributed by atoms with Crippen LogP contribution in [0.2, 0.25) is 0 Å². The van der Waals surface area contributed by atoms with Crippen molar-refractivity contribution in [2.75, 3.05) is 5.73 Å². The number of nitrogens with zero attached hydrogens (tertiary/aromatic N) is 4. The van der Waals surface area contributed by atoms with Crippen molar-refractivity contribution < 1.29 is 4.79 Å². The summed E-state index contributed by atoms with van der Waals surface area (Å²) in [5.41, 5.74) is 7.40. The Balaban J connectivity index is 2.11. The number of aromatic amines is 1. The molecule has 0 radical (unpaired) electrons. The number of carbonyl (C=O) groups is 1. The van der Waals surface area contributed by atoms with Crippen LogP contribution in [0.4, 0.5) is 5.69 Å². The average molecular weight is 249 g/mol. The molecule has 1 amide bonds. The summed E-state index contributed by atoms with van der Waals surface area (Å²) in [6, 6.07) is 0. The van der Waals surface area contributed by atoms with E-state index in [4.69, 9.17) is 5.73 Å². The highest BCUT2D eigenvalue weighted by Gasteiger charge is 2.18. The molecule has 0 aliphatic rings. The minimum Gasteiger partial charge on any atom is -0.395 e. The van der Waals surface area contributed by atoms with Gasteiger partial charge in [-0.3, -0.25) is 14.6 Å². The van der Waals surface area contributed by atoms with Crippen LogP contribution in [-0.4, -0.2) is 30.9 Å². The van der Waals surface area contributed by atoms with Crippen LogP contribution in [0, 0.1) is 0 Å². The number of carbonyl (C=O) groups excluding carboxylic acids is 1. The molecule has 2 aromatic heterocycles. The molecule has 8 nitrogen and oxygen atoms in total. The van der Waals surface area contributed by atoms with Crippen LogP contribution in [0.25, 0.3) is 0 Å². The Hall–Kier alpha value is -2.38. The average Bonchev–Trinajstić information content (AvgIpc) is 2.94. The summed E-state index contributed by atoms with van der Waals surface area (Å²) in [5.74, 6) is 0.304. The van der Waals surface area contributed by atoms with E-state index < -0.39 is 0 Å². The second-order valence-electron chi connectivity index (χ2n) is 3.80. The van der Waals surface area contributed by atoms with Crippen LogP contribution in [-0.2, 0) is 20.0 Å². The molecular formula is C10H15N7O. The molecule has 8 heteroatoms. The lowest BCUT2D eigenvalue weighted by Crippen LogP contribution is -2.26. The van der Waals surface area contributed by atoms with E-state index in [-0.39, 0.29) is 12.5 Å². The van der Waals surface area contributed by atoms with Gasteiger partial charge in [0, 0.05) is 7.05 Å². The van der Waals surface area contributed by atoms with Gasteiger partial charge in [0.1, 0.15) is 17.8 Å². The Morgan fingerprint density at radius 3 is 2.94 bits per heavy atom. The lowest BCUT2D eigenvalue weighted by atomic mass is 10.2. The first-order valence-electron chi connectivity index (χ1n) is 5.57. The van der Waals surface area contributed by atoms with Gasteiger partial charge in [-0.05, 0) is 6.42 Å². The van der Waals surface area contributed by atoms with Crippen molar-refractivity contribution in [1.82, 2.24) is 30.3 Å². The van der Waals surface area contributed by atoms with Gasteiger partial charge in [0.25, 0.3) is 5.91 Å². The number of nitrogens with two attached hydrogens (primary N) is 1. The molecule has 0 saturated heterocycles. The highest BCUT2D eigenvalue weighted by atomic mass is 16.2. The van der Waals surface area contributed by atoms with Gasteiger partial charge in [-0.1, -0.05) is 6.92 Å². The van der Waals surface area contributed by atoms with Crippen molar-refractivity contribution in [3.05, 3.63) is 23.5 Å². The van der Waals surface area contributed by atoms with Gasteiger partial charge in [-0.2, -0.15) is 10.2 Å². The Bertz CT molecular complexity index is 543. The van der Waals surface area contributed by atoms with E-state index in [2.05, 4.69) is 25.6 Å². The van der Waals surface area contributed by atoms with Gasteiger partial charge in [-0.25, -0.2) is 4.98 Å². The molecule has 0 fully saturated rings. The maximum Gasteiger partial charge on any atom is 0.272 e. The number of anilines is 1. The van der Waals surface area contributed by atoms with Crippen LogP contribution in [0.5, 0.6) is 0 Å². The molecule has 0 spiro atoms. The van der Waals surface area contributed by atoms with Gasteiger partial charge < -0.3 is 11.1 Å². The zero-order valence-electron chi connectivity index (χ0n) is 10.3. The molecule has 4 N–H and O–H groups in total. The minimum absolute atomic E-state index is 0.269. The largest absolute Gasteiger partial charge is 0.395 e. The number of nitrogens with one attached hydrogen (secondary N) is 2. The number of H-pyrrole nitrogens is 1. The van der Waals surface area contributed by atoms with E-state index in [0.717, 1.165) is 5.69 Å². The molecule has 96 valence electrons. The molecule has 2 rings (SSSR count). The summed E-state index contributed by atoms with van der Waals surface area (Å²) in [6.07, 6.45) is 2.07. The molecule has 2 aromatic rings. The van der Waals surface area contributed by atoms with E-state index in [9.17, 15) is 4.79 Å². The molecule has 0 aliphatic heterocycles. The number of hydrogen-bond donors (Lipinski definition) is 3. The first-order chi connectivity index (χ1) is 8.63. The second-order valence-corrected chi connectivity index (χ2v) is 3.80. The van der Waals surface area contributed by atoms with Crippen molar-refractivity contribution in [1.29, 1.82) is 0 Å². The molecule has 18 heavy (non-hydrogen) atoms. The molecule has 0 bridgehead atoms. The standard InChI is InChI=1S/C10H15N7O/c1-3-6-8(11)9(17(2)16-6)10(18)12-4-7-13-5-14-15-7/h5H,3-4,11H2,1-2H3,(H,12,18)(H,13,14,15). The third kappa shape index (κ3) is 2.17. The Labute approximate surface area is 104 Å². The topological polar surface area (TPSA) is 115 Å². The number of aryl methyl sites for hydroxylation is 2. The van der Waals surface area contributed by atoms with Crippen molar-refractivity contribution in [3.8, 4) is 0 Å². The molecule has 0 aromatic carbocycles. The number of amides is 1. The van der Waals surface area contributed by atoms with Crippen molar-refractivity contribution in [3.63, 3.8) is 0 Å². The van der Waals surface area contributed by atoms with E-state index in [1.165, 1.54) is 11.0 Å². The maximum absolute atomic E-state index is 12.0. The van der Waals surface area contributed by atoms with E-state index in [1.54, 1.807) is 7.05 Å². The van der Waals surface area contributed by atoms with Gasteiger partial charge in [0.2, 0.25) is 0 Å². The maximum atomic E-state index is 12.0. The summed E-state index contributed by atoms with van der Waals surface area (Å²) < 4.78 is 1.49. The Morgan fingerprint density at radius 2 is 2.39 bits per heavy atom. The molecule has 2 heterocycles. The minimum atomic E-state index is -0.279. The van der Waals surface area contributed by atoms with Gasteiger partial charge >= 0.3 is 0 Å². The van der Waals surface area contributed by atoms with Crippen LogP contribution in [0.15, 0.2) is 6.33 Å². The Morgan fingerprint density at radius 1 is 1.61 bits per heavy atom. The molecule has 0 atom stereocenters. The predicted molar refractivity (Wildman–Crippen MR) is 64.6 cm³/mol. The summed E-state index contributed by atoms with van der Waals surface area (Å²) in [6.45, 7) is 2.21. The molecular weight excluding hydrogens is 234 g/mol. The number of nitrogen functional groups attached to an aromatic ring is 1. The fourth-order valence-electron chi connectivity index (χ4n) is 1.69. The van der Waals surface area contributed by atoms with Gasteiger partial charge in [-0.15, -0.1) is 0 Å². The zero-order chi connectivity index (χ0) is 13.1. The third-order valence-electron chi connectivity index (χ3n) is 2.59. The first kappa shape index (κ1) is 12.1. The lowest BCUT2D eigenvalue weighted by Gasteiger charge is -2.04. The monoisotopic (exact) mass is 249 g/mol. The number of rotatable bonds is 4. The van der Waals surface area contributed by atoms with E-state index in [0.29, 0.717) is 23.6 Å². The van der Waals surface area contributed by atoms with Crippen LogP contribution >= 0.6 is 0 Å². The fourth-order valence-corrected chi connectivity index (χ4v) is 1.69. The lowest BCUT2D eigenvalue weighted by molar-refractivity contribution is 0.0941. The first-order valence-corrected chi connectivity index (χ1v) is 5.57. The normalized spacial score (nSPS) is 10.6. The Kier molecular flexibility index (Phi) is 3.26. The van der Waals surface area contributed by atoms with E-state index >= 15 is 0 Å². The number of hydrogen-bond acceptors (Lipinski definition) is 5. The van der Waals surface area contributed by atoms with Gasteiger partial charge in [0.05, 0.1) is 17.9 Å². The van der Waals surface area contributed by atoms with Crippen molar-refractivity contribution in [2.24, 2.45) is 7.05 Å². The highest BCUT2D eigenvalue weighted by Crippen LogP contribution is 2.16. The zero-order valence-corrected chi connectivity index (χ0v) is 10.3. The summed E-state index contributed by atoms with van der Waals surface area (Å²) in [7, 11) is 1.69. The molecule has 0 aliphatic carbocycles. The molecule has 0 unspecified atom stereocenters. The van der Waals surface area contributed by atoms with Crippen molar-refractivity contribution >= 4 is 11.6 Å². The SMILES string of the molecule is CCc1nn(C)c(C(=O)NCc2ncn[nH]2)c1N. The van der Waals surface area contributed by atoms with Crippen LogP contribution in [0.1, 0.15) is 28.9 Å². The second kappa shape index (κ2) is 4.86. The molecule has 0 saturated carbocycles. The summed E-state index contributed by atoms with van der Waals surface area (Å²) in [4.78, 5) is 15.9. The predicted octanol–water partition coefficient (Wildman–Crippen LogP) is -0.387. The van der Waals surface area contributed by atoms with Gasteiger partial charge in [0.15, 0.2) is 0 Å². The quantitative estimate of drug-likeness (QED) is 0.683. The van der Waals surface area contributed by atoms with Crippen molar-refractivity contribution in [2.45, 2.75) is 19.9 Å². The van der Waals surface area contributed by atoms with E-state index in [1.807, 2.05) is 6.92 Å². The summed E-state index contributed by atoms with van der Waals surface area (Å²) >= 11 is 0. The smallest absolute Gasteiger partial charge is 0.272 e. The summed E-state index contributed by atoms with van der Waals surface area (Å²) in [5, 5.41) is 13.3. The highest BCUT2D eigenvalue weighted by molar-refractivity contribution is 5.97. The van der Waals surface area contributed by atoms with Crippen LogP contribution in [0.3, 0.4) is 0 Å². The van der Waals surface area contributed by atoms with Crippen LogP contribution < -0.4 is 11.1 Å². The number of aromatic nitrogens is 5.